The summed E-state index contributed by atoms with van der Waals surface area (Å²) in [6, 6.07) is 4.86. The Morgan fingerprint density at radius 2 is 2.15 bits per heavy atom. The van der Waals surface area contributed by atoms with E-state index < -0.39 is 10.0 Å². The SMILES string of the molecule is CCC(=O)N1CCc2cc(S(=O)(=O)Nc3nnc(SCC(C)C)s3)ccc21. The van der Waals surface area contributed by atoms with E-state index in [2.05, 4.69) is 28.8 Å². The monoisotopic (exact) mass is 426 g/mol. The normalized spacial score (nSPS) is 13.9. The van der Waals surface area contributed by atoms with Crippen LogP contribution < -0.4 is 9.62 Å². The second kappa shape index (κ2) is 8.15. The van der Waals surface area contributed by atoms with Crippen molar-refractivity contribution < 1.29 is 13.2 Å². The van der Waals surface area contributed by atoms with Crippen LogP contribution in [0.4, 0.5) is 10.8 Å². The molecule has 0 aliphatic carbocycles. The maximum absolute atomic E-state index is 12.7. The Labute approximate surface area is 167 Å². The van der Waals surface area contributed by atoms with E-state index in [1.807, 2.05) is 6.92 Å². The number of hydrogen-bond acceptors (Lipinski definition) is 7. The van der Waals surface area contributed by atoms with E-state index in [0.717, 1.165) is 21.3 Å². The summed E-state index contributed by atoms with van der Waals surface area (Å²) in [6.45, 7) is 6.63. The number of thioether (sulfide) groups is 1. The number of benzene rings is 1. The van der Waals surface area contributed by atoms with E-state index >= 15 is 0 Å². The minimum Gasteiger partial charge on any atom is -0.312 e. The van der Waals surface area contributed by atoms with E-state index in [4.69, 9.17) is 0 Å². The van der Waals surface area contributed by atoms with Crippen LogP contribution in [0.3, 0.4) is 0 Å². The molecule has 1 aliphatic rings. The van der Waals surface area contributed by atoms with Gasteiger partial charge in [-0.15, -0.1) is 10.2 Å². The molecule has 1 aliphatic heterocycles. The molecule has 2 heterocycles. The van der Waals surface area contributed by atoms with Crippen LogP contribution in [0.15, 0.2) is 27.4 Å². The summed E-state index contributed by atoms with van der Waals surface area (Å²) in [5, 5.41) is 8.21. The van der Waals surface area contributed by atoms with Crippen molar-refractivity contribution in [3.05, 3.63) is 23.8 Å². The van der Waals surface area contributed by atoms with Crippen LogP contribution in [0.1, 0.15) is 32.8 Å². The average Bonchev–Trinajstić information content (AvgIpc) is 3.25. The fourth-order valence-electron chi connectivity index (χ4n) is 2.72. The summed E-state index contributed by atoms with van der Waals surface area (Å²) in [4.78, 5) is 13.9. The largest absolute Gasteiger partial charge is 0.312 e. The Morgan fingerprint density at radius 3 is 2.85 bits per heavy atom. The third-order valence-corrected chi connectivity index (χ3v) is 7.89. The Bertz CT molecular complexity index is 941. The molecular formula is C17H22N4O3S3. The summed E-state index contributed by atoms with van der Waals surface area (Å²) < 4.78 is 28.6. The van der Waals surface area contributed by atoms with Crippen molar-refractivity contribution in [2.75, 3.05) is 21.9 Å². The summed E-state index contributed by atoms with van der Waals surface area (Å²) in [5.74, 6) is 1.46. The van der Waals surface area contributed by atoms with E-state index in [0.29, 0.717) is 25.3 Å². The lowest BCUT2D eigenvalue weighted by atomic mass is 10.2. The van der Waals surface area contributed by atoms with Crippen molar-refractivity contribution in [3.63, 3.8) is 0 Å². The predicted octanol–water partition coefficient (Wildman–Crippen LogP) is 3.39. The van der Waals surface area contributed by atoms with Crippen LogP contribution in [0.25, 0.3) is 0 Å². The van der Waals surface area contributed by atoms with Crippen LogP contribution in [0.5, 0.6) is 0 Å². The van der Waals surface area contributed by atoms with Crippen LogP contribution in [0, 0.1) is 5.92 Å². The van der Waals surface area contributed by atoms with Gasteiger partial charge >= 0.3 is 0 Å². The third-order valence-electron chi connectivity index (χ3n) is 4.03. The Hall–Kier alpha value is -1.65. The van der Waals surface area contributed by atoms with Crippen LogP contribution in [-0.4, -0.2) is 36.8 Å². The molecule has 1 aromatic carbocycles. The summed E-state index contributed by atoms with van der Waals surface area (Å²) in [7, 11) is -3.75. The molecule has 3 rings (SSSR count). The standard InChI is InChI=1S/C17H22N4O3S3/c1-4-15(22)21-8-7-12-9-13(5-6-14(12)21)27(23,24)20-16-18-19-17(26-16)25-10-11(2)3/h5-6,9,11H,4,7-8,10H2,1-3H3,(H,18,20). The molecule has 27 heavy (non-hydrogen) atoms. The molecule has 146 valence electrons. The molecule has 2 aromatic rings. The van der Waals surface area contributed by atoms with Crippen molar-refractivity contribution in [2.45, 2.75) is 42.8 Å². The molecule has 0 saturated carbocycles. The topological polar surface area (TPSA) is 92.3 Å². The molecule has 0 spiro atoms. The van der Waals surface area contributed by atoms with Gasteiger partial charge < -0.3 is 4.90 Å². The average molecular weight is 427 g/mol. The van der Waals surface area contributed by atoms with Crippen LogP contribution >= 0.6 is 23.1 Å². The lowest BCUT2D eigenvalue weighted by Gasteiger charge is -2.16. The number of amides is 1. The van der Waals surface area contributed by atoms with Gasteiger partial charge in [0.15, 0.2) is 4.34 Å². The van der Waals surface area contributed by atoms with Crippen LogP contribution in [-0.2, 0) is 21.2 Å². The molecular weight excluding hydrogens is 404 g/mol. The van der Waals surface area contributed by atoms with Crippen molar-refractivity contribution in [3.8, 4) is 0 Å². The number of aromatic nitrogens is 2. The number of carbonyl (C=O) groups is 1. The number of sulfonamides is 1. The number of fused-ring (bicyclic) bond motifs is 1. The third kappa shape index (κ3) is 4.61. The molecule has 7 nitrogen and oxygen atoms in total. The fraction of sp³-hybridized carbons (Fsp3) is 0.471. The van der Waals surface area contributed by atoms with Gasteiger partial charge in [-0.2, -0.15) is 0 Å². The highest BCUT2D eigenvalue weighted by atomic mass is 32.2. The molecule has 1 amide bonds. The van der Waals surface area contributed by atoms with E-state index in [9.17, 15) is 13.2 Å². The number of rotatable bonds is 7. The first-order valence-electron chi connectivity index (χ1n) is 8.72. The molecule has 0 unspecified atom stereocenters. The first-order valence-corrected chi connectivity index (χ1v) is 12.0. The second-order valence-corrected chi connectivity index (χ2v) is 10.5. The predicted molar refractivity (Wildman–Crippen MR) is 109 cm³/mol. The van der Waals surface area contributed by atoms with Crippen molar-refractivity contribution >= 4 is 49.8 Å². The Balaban J connectivity index is 1.75. The van der Waals surface area contributed by atoms with Gasteiger partial charge in [0.25, 0.3) is 10.0 Å². The van der Waals surface area contributed by atoms with E-state index in [1.54, 1.807) is 28.8 Å². The summed E-state index contributed by atoms with van der Waals surface area (Å²) in [6.07, 6.45) is 1.08. The van der Waals surface area contributed by atoms with Gasteiger partial charge in [0.1, 0.15) is 0 Å². The van der Waals surface area contributed by atoms with Crippen molar-refractivity contribution in [1.29, 1.82) is 0 Å². The molecule has 1 N–H and O–H groups in total. The van der Waals surface area contributed by atoms with Gasteiger partial charge in [0.2, 0.25) is 11.0 Å². The first-order chi connectivity index (χ1) is 12.8. The quantitative estimate of drug-likeness (QED) is 0.682. The Kier molecular flexibility index (Phi) is 6.07. The maximum atomic E-state index is 12.7. The van der Waals surface area contributed by atoms with Gasteiger partial charge in [0, 0.05) is 24.4 Å². The van der Waals surface area contributed by atoms with Crippen molar-refractivity contribution in [2.24, 2.45) is 5.92 Å². The number of nitrogens with zero attached hydrogens (tertiary/aromatic N) is 3. The zero-order valence-electron chi connectivity index (χ0n) is 15.4. The molecule has 0 atom stereocenters. The van der Waals surface area contributed by atoms with Gasteiger partial charge in [0.05, 0.1) is 4.90 Å². The van der Waals surface area contributed by atoms with Gasteiger partial charge in [-0.3, -0.25) is 9.52 Å². The van der Waals surface area contributed by atoms with Gasteiger partial charge in [-0.25, -0.2) is 8.42 Å². The summed E-state index contributed by atoms with van der Waals surface area (Å²) in [5.41, 5.74) is 1.66. The lowest BCUT2D eigenvalue weighted by Crippen LogP contribution is -2.27. The summed E-state index contributed by atoms with van der Waals surface area (Å²) >= 11 is 2.79. The van der Waals surface area contributed by atoms with Crippen LogP contribution in [0.2, 0.25) is 0 Å². The molecule has 0 radical (unpaired) electrons. The molecule has 10 heteroatoms. The number of nitrogens with one attached hydrogen (secondary N) is 1. The highest BCUT2D eigenvalue weighted by Crippen LogP contribution is 2.32. The Morgan fingerprint density at radius 1 is 1.37 bits per heavy atom. The molecule has 1 aromatic heterocycles. The van der Waals surface area contributed by atoms with Gasteiger partial charge in [-0.1, -0.05) is 43.9 Å². The lowest BCUT2D eigenvalue weighted by molar-refractivity contribution is -0.118. The molecule has 0 bridgehead atoms. The highest BCUT2D eigenvalue weighted by molar-refractivity contribution is 8.01. The fourth-order valence-corrected chi connectivity index (χ4v) is 5.73. The number of hydrogen-bond donors (Lipinski definition) is 1. The first kappa shape index (κ1) is 20.1. The second-order valence-electron chi connectivity index (χ2n) is 6.62. The zero-order valence-corrected chi connectivity index (χ0v) is 17.9. The van der Waals surface area contributed by atoms with E-state index in [1.165, 1.54) is 17.4 Å². The smallest absolute Gasteiger partial charge is 0.263 e. The minimum absolute atomic E-state index is 0.0442. The number of carbonyl (C=O) groups excluding carboxylic acids is 1. The van der Waals surface area contributed by atoms with Crippen molar-refractivity contribution in [1.82, 2.24) is 10.2 Å². The van der Waals surface area contributed by atoms with E-state index in [-0.39, 0.29) is 15.9 Å². The minimum atomic E-state index is -3.75. The van der Waals surface area contributed by atoms with Gasteiger partial charge in [-0.05, 0) is 36.1 Å². The molecule has 0 saturated heterocycles. The highest BCUT2D eigenvalue weighted by Gasteiger charge is 2.26. The zero-order chi connectivity index (χ0) is 19.6. The molecule has 0 fully saturated rings. The maximum Gasteiger partial charge on any atom is 0.263 e. The number of anilines is 2.